The van der Waals surface area contributed by atoms with Crippen LogP contribution < -0.4 is 15.4 Å². The van der Waals surface area contributed by atoms with Gasteiger partial charge in [0.1, 0.15) is 35.1 Å². The Labute approximate surface area is 319 Å². The lowest BCUT2D eigenvalue weighted by atomic mass is 10.1. The Kier molecular flexibility index (Phi) is 11.8. The maximum absolute atomic E-state index is 14.5. The quantitative estimate of drug-likeness (QED) is 0.185. The zero-order valence-corrected chi connectivity index (χ0v) is 31.9. The number of fused-ring (bicyclic) bond motifs is 1. The molecule has 6 amide bonds. The molecule has 18 heteroatoms. The van der Waals surface area contributed by atoms with E-state index in [0.29, 0.717) is 24.0 Å². The van der Waals surface area contributed by atoms with Crippen LogP contribution in [0.1, 0.15) is 57.6 Å². The van der Waals surface area contributed by atoms with Crippen LogP contribution in [-0.2, 0) is 51.8 Å². The van der Waals surface area contributed by atoms with Crippen LogP contribution in [0.15, 0.2) is 56.2 Å². The largest absolute Gasteiger partial charge is 0.444 e. The summed E-state index contributed by atoms with van der Waals surface area (Å²) in [5.74, 6) is -4.39. The summed E-state index contributed by atoms with van der Waals surface area (Å²) < 4.78 is 53.0. The van der Waals surface area contributed by atoms with E-state index in [0.717, 1.165) is 11.0 Å². The van der Waals surface area contributed by atoms with E-state index in [4.69, 9.17) is 9.47 Å². The average Bonchev–Trinajstić information content (AvgIpc) is 4.00. The number of rotatable bonds is 14. The monoisotopic (exact) mass is 786 g/mol. The molecule has 0 radical (unpaired) electrons. The van der Waals surface area contributed by atoms with Crippen molar-refractivity contribution in [2.75, 3.05) is 19.6 Å². The molecule has 2 heterocycles. The third-order valence-electron chi connectivity index (χ3n) is 9.78. The van der Waals surface area contributed by atoms with Crippen molar-refractivity contribution < 1.29 is 51.0 Å². The molecule has 0 bridgehead atoms. The minimum Gasteiger partial charge on any atom is -0.444 e. The van der Waals surface area contributed by atoms with E-state index in [1.807, 2.05) is 0 Å². The number of alkyl carbamates (subject to hydrolysis) is 1. The molecular formula is C37H47FN6O10S. The number of nitrogens with one attached hydrogen (secondary N) is 3. The molecule has 5 atom stereocenters. The van der Waals surface area contributed by atoms with E-state index >= 15 is 0 Å². The minimum atomic E-state index is -3.99. The van der Waals surface area contributed by atoms with Gasteiger partial charge in [-0.25, -0.2) is 22.4 Å². The van der Waals surface area contributed by atoms with Crippen molar-refractivity contribution in [1.82, 2.24) is 30.1 Å². The Hall–Kier alpha value is -5.26. The van der Waals surface area contributed by atoms with E-state index < -0.39 is 98.7 Å². The second kappa shape index (κ2) is 15.8. The van der Waals surface area contributed by atoms with Gasteiger partial charge in [0.25, 0.3) is 5.91 Å². The number of hydrogen-bond donors (Lipinski definition) is 3. The third-order valence-corrected chi connectivity index (χ3v) is 11.6. The number of hydrogen-bond acceptors (Lipinski definition) is 10. The lowest BCUT2D eigenvalue weighted by Gasteiger charge is -2.32. The molecule has 5 rings (SSSR count). The molecule has 1 aromatic rings. The van der Waals surface area contributed by atoms with Gasteiger partial charge >= 0.3 is 12.2 Å². The van der Waals surface area contributed by atoms with Gasteiger partial charge in [0.15, 0.2) is 0 Å². The second-order valence-corrected chi connectivity index (χ2v) is 17.1. The molecule has 0 spiro atoms. The minimum absolute atomic E-state index is 0.0302. The summed E-state index contributed by atoms with van der Waals surface area (Å²) in [6, 6.07) is 1.56. The van der Waals surface area contributed by atoms with Gasteiger partial charge < -0.3 is 29.9 Å². The maximum atomic E-state index is 14.5. The van der Waals surface area contributed by atoms with Crippen LogP contribution in [0.4, 0.5) is 14.0 Å². The molecule has 0 aromatic heterocycles. The molecule has 55 heavy (non-hydrogen) atoms. The van der Waals surface area contributed by atoms with E-state index in [1.165, 1.54) is 34.1 Å². The normalized spacial score (nSPS) is 23.4. The highest BCUT2D eigenvalue weighted by Crippen LogP contribution is 2.45. The molecular weight excluding hydrogens is 740 g/mol. The van der Waals surface area contributed by atoms with Gasteiger partial charge in [-0.15, -0.1) is 13.2 Å². The SMILES string of the molecule is C=CCN(C[C@H](NC(=O)OC(C)(C)C)C(=O)N1CC(OC(=O)N2Cc3cccc(F)c3C2)C[C@H]1C(=O)N[C@]1(C(=O)NS(=O)(=O)C2CC2)C[C@H]1C=C)C(=O)C=C. The van der Waals surface area contributed by atoms with Crippen LogP contribution in [-0.4, -0.2) is 113 Å². The van der Waals surface area contributed by atoms with Crippen LogP contribution in [0.5, 0.6) is 0 Å². The van der Waals surface area contributed by atoms with Crippen LogP contribution >= 0.6 is 0 Å². The van der Waals surface area contributed by atoms with Gasteiger partial charge in [-0.2, -0.15) is 0 Å². The molecule has 3 fully saturated rings. The van der Waals surface area contributed by atoms with Crippen molar-refractivity contribution in [2.45, 2.75) is 94.1 Å². The lowest BCUT2D eigenvalue weighted by molar-refractivity contribution is -0.142. The molecule has 1 aromatic carbocycles. The van der Waals surface area contributed by atoms with E-state index in [1.54, 1.807) is 26.8 Å². The summed E-state index contributed by atoms with van der Waals surface area (Å²) in [4.78, 5) is 84.9. The number of ether oxygens (including phenoxy) is 2. The first-order chi connectivity index (χ1) is 25.8. The number of carbonyl (C=O) groups is 6. The van der Waals surface area contributed by atoms with Crippen LogP contribution in [0.25, 0.3) is 0 Å². The van der Waals surface area contributed by atoms with Gasteiger partial charge in [0.05, 0.1) is 24.9 Å². The molecule has 2 aliphatic carbocycles. The predicted molar refractivity (Wildman–Crippen MR) is 195 cm³/mol. The van der Waals surface area contributed by atoms with Crippen LogP contribution in [0.3, 0.4) is 0 Å². The fraction of sp³-hybridized carbons (Fsp3) is 0.514. The lowest BCUT2D eigenvalue weighted by Crippen LogP contribution is -2.60. The first kappa shape index (κ1) is 40.9. The topological polar surface area (TPSA) is 201 Å². The van der Waals surface area contributed by atoms with Gasteiger partial charge in [0, 0.05) is 31.0 Å². The van der Waals surface area contributed by atoms with Crippen molar-refractivity contribution in [3.05, 3.63) is 73.1 Å². The van der Waals surface area contributed by atoms with Crippen molar-refractivity contribution in [3.8, 4) is 0 Å². The molecule has 3 N–H and O–H groups in total. The Balaban J connectivity index is 1.42. The van der Waals surface area contributed by atoms with Crippen molar-refractivity contribution in [2.24, 2.45) is 5.92 Å². The van der Waals surface area contributed by atoms with Gasteiger partial charge in [-0.3, -0.25) is 28.8 Å². The highest BCUT2D eigenvalue weighted by molar-refractivity contribution is 7.91. The molecule has 2 saturated carbocycles. The van der Waals surface area contributed by atoms with Crippen LogP contribution in [0.2, 0.25) is 0 Å². The Morgan fingerprint density at radius 3 is 2.40 bits per heavy atom. The van der Waals surface area contributed by atoms with Gasteiger partial charge in [-0.1, -0.05) is 30.9 Å². The second-order valence-electron chi connectivity index (χ2n) is 15.1. The summed E-state index contributed by atoms with van der Waals surface area (Å²) in [6.45, 7) is 14.9. The Bertz CT molecular complexity index is 1900. The molecule has 298 valence electrons. The Morgan fingerprint density at radius 2 is 1.82 bits per heavy atom. The van der Waals surface area contributed by atoms with Crippen molar-refractivity contribution in [3.63, 3.8) is 0 Å². The number of amides is 6. The fourth-order valence-corrected chi connectivity index (χ4v) is 8.08. The summed E-state index contributed by atoms with van der Waals surface area (Å²) in [5.41, 5.74) is -1.74. The number of benzene rings is 1. The van der Waals surface area contributed by atoms with Crippen molar-refractivity contribution in [1.29, 1.82) is 0 Å². The molecule has 2 aliphatic heterocycles. The zero-order valence-electron chi connectivity index (χ0n) is 31.0. The van der Waals surface area contributed by atoms with Gasteiger partial charge in [0.2, 0.25) is 27.7 Å². The number of halogens is 1. The number of nitrogens with zero attached hydrogens (tertiary/aromatic N) is 3. The average molecular weight is 787 g/mol. The number of likely N-dealkylation sites (tertiary alicyclic amines) is 1. The van der Waals surface area contributed by atoms with Crippen LogP contribution in [0, 0.1) is 11.7 Å². The summed E-state index contributed by atoms with van der Waals surface area (Å²) in [5, 5.41) is 4.42. The summed E-state index contributed by atoms with van der Waals surface area (Å²) >= 11 is 0. The number of sulfonamides is 1. The van der Waals surface area contributed by atoms with E-state index in [2.05, 4.69) is 35.1 Å². The van der Waals surface area contributed by atoms with E-state index in [-0.39, 0.29) is 39.0 Å². The first-order valence-electron chi connectivity index (χ1n) is 17.9. The highest BCUT2D eigenvalue weighted by atomic mass is 32.2. The van der Waals surface area contributed by atoms with Crippen molar-refractivity contribution >= 4 is 45.8 Å². The third kappa shape index (κ3) is 9.35. The molecule has 4 aliphatic rings. The summed E-state index contributed by atoms with van der Waals surface area (Å²) in [7, 11) is -3.99. The highest BCUT2D eigenvalue weighted by Gasteiger charge is 2.62. The zero-order chi connectivity index (χ0) is 40.5. The molecule has 1 unspecified atom stereocenters. The smallest absolute Gasteiger partial charge is 0.410 e. The standard InChI is InChI=1S/C37H47FN6O10S/c1-7-15-42(30(45)9-3)21-28(39-34(49)54-36(4,5)6)32(47)44-19-24(53-35(50)43-18-22-11-10-12-27(38)26(22)20-43)16-29(44)31(46)40-37(17-23(37)8-2)33(48)41-55(51,52)25-13-14-25/h7-12,23-25,28-29H,1-3,13-21H2,4-6H3,(H,39,49)(H,40,46)(H,41,48)/t23-,24?,28+,29+,37-/m1/s1. The van der Waals surface area contributed by atoms with Gasteiger partial charge in [-0.05, 0) is 57.7 Å². The Morgan fingerprint density at radius 1 is 1.11 bits per heavy atom. The molecule has 1 saturated heterocycles. The summed E-state index contributed by atoms with van der Waals surface area (Å²) in [6.07, 6.45) is 1.45. The maximum Gasteiger partial charge on any atom is 0.410 e. The molecule has 16 nitrogen and oxygen atoms in total. The first-order valence-corrected chi connectivity index (χ1v) is 19.4. The fourth-order valence-electron chi connectivity index (χ4n) is 6.72. The predicted octanol–water partition coefficient (Wildman–Crippen LogP) is 2.01. The number of carbonyl (C=O) groups excluding carboxylic acids is 6. The van der Waals surface area contributed by atoms with E-state index in [9.17, 15) is 41.6 Å².